The molecule has 104 valence electrons. The van der Waals surface area contributed by atoms with Crippen LogP contribution in [0.3, 0.4) is 0 Å². The minimum atomic E-state index is -0.778. The number of primary amides is 1. The maximum Gasteiger partial charge on any atom is 0.404 e. The number of ether oxygens (including phenoxy) is 2. The topological polar surface area (TPSA) is 73.6 Å². The van der Waals surface area contributed by atoms with Crippen LogP contribution >= 0.6 is 23.2 Å². The molecule has 1 amide bonds. The SMILES string of the molecule is NC(=O)OCCNC1CCOc2c(Cl)cc(Cl)cc21. The normalized spacial score (nSPS) is 17.5. The van der Waals surface area contributed by atoms with Gasteiger partial charge in [0.2, 0.25) is 0 Å². The summed E-state index contributed by atoms with van der Waals surface area (Å²) >= 11 is 12.1. The van der Waals surface area contributed by atoms with E-state index in [0.29, 0.717) is 28.9 Å². The average molecular weight is 305 g/mol. The third-order valence-electron chi connectivity index (χ3n) is 2.80. The lowest BCUT2D eigenvalue weighted by molar-refractivity contribution is 0.154. The molecule has 0 bridgehead atoms. The minimum Gasteiger partial charge on any atom is -0.492 e. The Hall–Kier alpha value is -1.17. The predicted octanol–water partition coefficient (Wildman–Crippen LogP) is 2.50. The molecule has 7 heteroatoms. The molecule has 0 aliphatic carbocycles. The largest absolute Gasteiger partial charge is 0.492 e. The first-order chi connectivity index (χ1) is 9.08. The third-order valence-corrected chi connectivity index (χ3v) is 3.30. The molecule has 1 aromatic carbocycles. The van der Waals surface area contributed by atoms with Crippen LogP contribution in [-0.2, 0) is 4.74 Å². The van der Waals surface area contributed by atoms with Crippen molar-refractivity contribution in [2.45, 2.75) is 12.5 Å². The highest BCUT2D eigenvalue weighted by Gasteiger charge is 2.23. The number of halogens is 2. The highest BCUT2D eigenvalue weighted by molar-refractivity contribution is 6.35. The molecule has 0 fully saturated rings. The average Bonchev–Trinajstić information content (AvgIpc) is 2.34. The Morgan fingerprint density at radius 2 is 2.32 bits per heavy atom. The van der Waals surface area contributed by atoms with Crippen molar-refractivity contribution in [3.05, 3.63) is 27.7 Å². The maximum atomic E-state index is 10.5. The number of carbonyl (C=O) groups excluding carboxylic acids is 1. The Labute approximate surface area is 121 Å². The molecule has 0 spiro atoms. The summed E-state index contributed by atoms with van der Waals surface area (Å²) in [5, 5.41) is 4.32. The van der Waals surface area contributed by atoms with Crippen molar-refractivity contribution in [2.75, 3.05) is 19.8 Å². The number of fused-ring (bicyclic) bond motifs is 1. The number of hydrogen-bond acceptors (Lipinski definition) is 4. The lowest BCUT2D eigenvalue weighted by Gasteiger charge is -2.27. The van der Waals surface area contributed by atoms with Crippen molar-refractivity contribution in [3.63, 3.8) is 0 Å². The molecule has 1 aromatic rings. The van der Waals surface area contributed by atoms with E-state index >= 15 is 0 Å². The van der Waals surface area contributed by atoms with Gasteiger partial charge in [-0.3, -0.25) is 0 Å². The summed E-state index contributed by atoms with van der Waals surface area (Å²) in [7, 11) is 0. The van der Waals surface area contributed by atoms with Crippen molar-refractivity contribution in [2.24, 2.45) is 5.73 Å². The molecule has 0 saturated heterocycles. The van der Waals surface area contributed by atoms with Gasteiger partial charge in [-0.1, -0.05) is 23.2 Å². The van der Waals surface area contributed by atoms with Gasteiger partial charge >= 0.3 is 6.09 Å². The number of nitrogens with one attached hydrogen (secondary N) is 1. The second-order valence-corrected chi connectivity index (χ2v) is 4.96. The fourth-order valence-electron chi connectivity index (χ4n) is 2.02. The molecule has 19 heavy (non-hydrogen) atoms. The molecule has 5 nitrogen and oxygen atoms in total. The van der Waals surface area contributed by atoms with E-state index in [1.807, 2.05) is 6.07 Å². The summed E-state index contributed by atoms with van der Waals surface area (Å²) in [6.45, 7) is 1.29. The van der Waals surface area contributed by atoms with E-state index in [1.165, 1.54) is 0 Å². The van der Waals surface area contributed by atoms with E-state index in [-0.39, 0.29) is 12.6 Å². The van der Waals surface area contributed by atoms with E-state index in [0.717, 1.165) is 12.0 Å². The fourth-order valence-corrected chi connectivity index (χ4v) is 2.59. The molecule has 1 unspecified atom stereocenters. The number of amides is 1. The first-order valence-corrected chi connectivity index (χ1v) is 6.61. The quantitative estimate of drug-likeness (QED) is 0.838. The third kappa shape index (κ3) is 3.65. The second kappa shape index (κ2) is 6.32. The van der Waals surface area contributed by atoms with Gasteiger partial charge in [0.15, 0.2) is 0 Å². The molecule has 2 rings (SSSR count). The number of benzene rings is 1. The van der Waals surface area contributed by atoms with Crippen LogP contribution in [0.4, 0.5) is 4.79 Å². The molecule has 1 aliphatic rings. The van der Waals surface area contributed by atoms with Gasteiger partial charge in [0.25, 0.3) is 0 Å². The summed E-state index contributed by atoms with van der Waals surface area (Å²) in [5.74, 6) is 0.658. The van der Waals surface area contributed by atoms with Gasteiger partial charge in [0.1, 0.15) is 12.4 Å². The lowest BCUT2D eigenvalue weighted by Crippen LogP contribution is -2.31. The van der Waals surface area contributed by atoms with E-state index in [9.17, 15) is 4.79 Å². The van der Waals surface area contributed by atoms with Crippen LogP contribution in [0.2, 0.25) is 10.0 Å². The molecule has 3 N–H and O–H groups in total. The predicted molar refractivity (Wildman–Crippen MR) is 72.9 cm³/mol. The van der Waals surface area contributed by atoms with Crippen molar-refractivity contribution < 1.29 is 14.3 Å². The van der Waals surface area contributed by atoms with Gasteiger partial charge in [-0.05, 0) is 12.1 Å². The zero-order valence-corrected chi connectivity index (χ0v) is 11.6. The molecule has 0 saturated carbocycles. The van der Waals surface area contributed by atoms with Gasteiger partial charge in [0, 0.05) is 29.6 Å². The van der Waals surface area contributed by atoms with Crippen LogP contribution in [0.5, 0.6) is 5.75 Å². The second-order valence-electron chi connectivity index (χ2n) is 4.12. The first-order valence-electron chi connectivity index (χ1n) is 5.85. The smallest absolute Gasteiger partial charge is 0.404 e. The summed E-state index contributed by atoms with van der Waals surface area (Å²) in [6.07, 6.45) is 0.0144. The summed E-state index contributed by atoms with van der Waals surface area (Å²) in [5.41, 5.74) is 5.80. The van der Waals surface area contributed by atoms with Crippen LogP contribution in [0.25, 0.3) is 0 Å². The maximum absolute atomic E-state index is 10.5. The van der Waals surface area contributed by atoms with Gasteiger partial charge in [-0.2, -0.15) is 0 Å². The molecule has 0 aromatic heterocycles. The van der Waals surface area contributed by atoms with Gasteiger partial charge < -0.3 is 20.5 Å². The molecule has 0 radical (unpaired) electrons. The van der Waals surface area contributed by atoms with E-state index in [4.69, 9.17) is 33.7 Å². The summed E-state index contributed by atoms with van der Waals surface area (Å²) in [6, 6.07) is 3.55. The van der Waals surface area contributed by atoms with Crippen molar-refractivity contribution in [1.29, 1.82) is 0 Å². The van der Waals surface area contributed by atoms with Crippen LogP contribution in [0.1, 0.15) is 18.0 Å². The van der Waals surface area contributed by atoms with E-state index in [1.54, 1.807) is 6.07 Å². The number of carbonyl (C=O) groups is 1. The lowest BCUT2D eigenvalue weighted by atomic mass is 10.0. The number of hydrogen-bond donors (Lipinski definition) is 2. The Morgan fingerprint density at radius 1 is 1.53 bits per heavy atom. The monoisotopic (exact) mass is 304 g/mol. The van der Waals surface area contributed by atoms with Crippen molar-refractivity contribution >= 4 is 29.3 Å². The molecular weight excluding hydrogens is 291 g/mol. The Bertz CT molecular complexity index is 482. The minimum absolute atomic E-state index is 0.0661. The number of nitrogens with two attached hydrogens (primary N) is 1. The Balaban J connectivity index is 2.03. The van der Waals surface area contributed by atoms with Crippen molar-refractivity contribution in [1.82, 2.24) is 5.32 Å². The summed E-state index contributed by atoms with van der Waals surface area (Å²) < 4.78 is 10.2. The first kappa shape index (κ1) is 14.2. The van der Waals surface area contributed by atoms with Crippen LogP contribution in [0.15, 0.2) is 12.1 Å². The number of rotatable bonds is 4. The van der Waals surface area contributed by atoms with Crippen LogP contribution in [0, 0.1) is 0 Å². The van der Waals surface area contributed by atoms with E-state index < -0.39 is 6.09 Å². The zero-order chi connectivity index (χ0) is 13.8. The van der Waals surface area contributed by atoms with Gasteiger partial charge in [-0.15, -0.1) is 0 Å². The highest BCUT2D eigenvalue weighted by atomic mass is 35.5. The fraction of sp³-hybridized carbons (Fsp3) is 0.417. The Morgan fingerprint density at radius 3 is 3.05 bits per heavy atom. The molecular formula is C12H14Cl2N2O3. The highest BCUT2D eigenvalue weighted by Crippen LogP contribution is 2.39. The zero-order valence-electron chi connectivity index (χ0n) is 10.1. The summed E-state index contributed by atoms with van der Waals surface area (Å²) in [4.78, 5) is 10.5. The molecule has 1 atom stereocenters. The molecule has 1 aliphatic heterocycles. The molecule has 1 heterocycles. The Kier molecular flexibility index (Phi) is 4.74. The van der Waals surface area contributed by atoms with Gasteiger partial charge in [0.05, 0.1) is 11.6 Å². The standard InChI is InChI=1S/C12H14Cl2N2O3/c13-7-5-8-10(16-2-4-19-12(15)17)1-3-18-11(8)9(14)6-7/h5-6,10,16H,1-4H2,(H2,15,17). The van der Waals surface area contributed by atoms with Crippen LogP contribution in [-0.4, -0.2) is 25.9 Å². The van der Waals surface area contributed by atoms with Crippen LogP contribution < -0.4 is 15.8 Å². The van der Waals surface area contributed by atoms with E-state index in [2.05, 4.69) is 10.1 Å². The van der Waals surface area contributed by atoms with Gasteiger partial charge in [-0.25, -0.2) is 4.79 Å². The van der Waals surface area contributed by atoms with Crippen molar-refractivity contribution in [3.8, 4) is 5.75 Å².